The fourth-order valence-corrected chi connectivity index (χ4v) is 2.21. The van der Waals surface area contributed by atoms with Gasteiger partial charge in [0, 0.05) is 5.02 Å². The van der Waals surface area contributed by atoms with Crippen molar-refractivity contribution >= 4 is 33.4 Å². The van der Waals surface area contributed by atoms with Crippen molar-refractivity contribution < 1.29 is 17.9 Å². The van der Waals surface area contributed by atoms with E-state index < -0.39 is 16.1 Å². The second-order valence-electron chi connectivity index (χ2n) is 3.62. The Balaban J connectivity index is 3.07. The Morgan fingerprint density at radius 3 is 2.33 bits per heavy atom. The molecule has 0 heterocycles. The fourth-order valence-electron chi connectivity index (χ4n) is 1.26. The smallest absolute Gasteiger partial charge is 0.428 e. The Bertz CT molecular complexity index is 512. The summed E-state index contributed by atoms with van der Waals surface area (Å²) in [6, 6.07) is 5.89. The van der Waals surface area contributed by atoms with Gasteiger partial charge in [-0.3, -0.25) is 0 Å². The first-order valence-corrected chi connectivity index (χ1v) is 7.51. The number of hydrogen-bond acceptors (Lipinski definition) is 4. The molecule has 100 valence electrons. The minimum atomic E-state index is -3.74. The SMILES string of the molecule is CCCOC(=O)N(c1ccc(Cl)cc1)S(C)(=O)=O. The molecule has 1 aromatic rings. The summed E-state index contributed by atoms with van der Waals surface area (Å²) < 4.78 is 28.7. The molecule has 0 saturated heterocycles. The van der Waals surface area contributed by atoms with E-state index in [4.69, 9.17) is 16.3 Å². The van der Waals surface area contributed by atoms with Crippen LogP contribution in [0.3, 0.4) is 0 Å². The Morgan fingerprint density at radius 2 is 1.89 bits per heavy atom. The zero-order chi connectivity index (χ0) is 13.8. The molecule has 0 bridgehead atoms. The van der Waals surface area contributed by atoms with Gasteiger partial charge in [0.2, 0.25) is 10.0 Å². The molecule has 0 atom stereocenters. The largest absolute Gasteiger partial charge is 0.448 e. The molecule has 0 aliphatic rings. The van der Waals surface area contributed by atoms with Crippen LogP contribution in [0.5, 0.6) is 0 Å². The monoisotopic (exact) mass is 291 g/mol. The third-order valence-corrected chi connectivity index (χ3v) is 3.26. The first-order valence-electron chi connectivity index (χ1n) is 5.29. The van der Waals surface area contributed by atoms with E-state index in [2.05, 4.69) is 0 Å². The lowest BCUT2D eigenvalue weighted by Gasteiger charge is -2.19. The molecule has 0 N–H and O–H groups in total. The number of hydrogen-bond donors (Lipinski definition) is 0. The summed E-state index contributed by atoms with van der Waals surface area (Å²) in [5.41, 5.74) is 0.197. The number of anilines is 1. The summed E-state index contributed by atoms with van der Waals surface area (Å²) in [6.45, 7) is 1.98. The molecule has 5 nitrogen and oxygen atoms in total. The van der Waals surface area contributed by atoms with E-state index in [1.54, 1.807) is 0 Å². The molecule has 7 heteroatoms. The highest BCUT2D eigenvalue weighted by atomic mass is 35.5. The van der Waals surface area contributed by atoms with Gasteiger partial charge in [-0.25, -0.2) is 13.2 Å². The van der Waals surface area contributed by atoms with Crippen molar-refractivity contribution in [3.8, 4) is 0 Å². The van der Waals surface area contributed by atoms with Crippen LogP contribution >= 0.6 is 11.6 Å². The van der Waals surface area contributed by atoms with Gasteiger partial charge in [-0.05, 0) is 30.7 Å². The molecule has 0 radical (unpaired) electrons. The zero-order valence-electron chi connectivity index (χ0n) is 10.1. The molecule has 1 aromatic carbocycles. The van der Waals surface area contributed by atoms with Gasteiger partial charge in [-0.15, -0.1) is 0 Å². The molecule has 0 aromatic heterocycles. The molecule has 0 unspecified atom stereocenters. The minimum Gasteiger partial charge on any atom is -0.448 e. The highest BCUT2D eigenvalue weighted by Crippen LogP contribution is 2.21. The quantitative estimate of drug-likeness (QED) is 0.855. The molecule has 1 rings (SSSR count). The van der Waals surface area contributed by atoms with Gasteiger partial charge in [-0.2, -0.15) is 4.31 Å². The second kappa shape index (κ2) is 6.06. The maximum Gasteiger partial charge on any atom is 0.428 e. The van der Waals surface area contributed by atoms with Crippen LogP contribution in [0.25, 0.3) is 0 Å². The standard InChI is InChI=1S/C11H14ClNO4S/c1-3-8-17-11(14)13(18(2,15)16)10-6-4-9(12)5-7-10/h4-7H,3,8H2,1-2H3. The van der Waals surface area contributed by atoms with E-state index in [0.29, 0.717) is 15.7 Å². The third kappa shape index (κ3) is 3.89. The number of nitrogens with zero attached hydrogens (tertiary/aromatic N) is 1. The van der Waals surface area contributed by atoms with E-state index in [1.165, 1.54) is 24.3 Å². The summed E-state index contributed by atoms with van der Waals surface area (Å²) in [6.07, 6.45) is 0.639. The van der Waals surface area contributed by atoms with Crippen LogP contribution in [-0.2, 0) is 14.8 Å². The van der Waals surface area contributed by atoms with Crippen LogP contribution in [0.1, 0.15) is 13.3 Å². The van der Waals surface area contributed by atoms with Gasteiger partial charge >= 0.3 is 6.09 Å². The van der Waals surface area contributed by atoms with Gasteiger partial charge in [-0.1, -0.05) is 18.5 Å². The Labute approximate surface area is 111 Å². The van der Waals surface area contributed by atoms with E-state index in [-0.39, 0.29) is 12.3 Å². The number of halogens is 1. The molecule has 0 spiro atoms. The van der Waals surface area contributed by atoms with Crippen molar-refractivity contribution in [2.24, 2.45) is 0 Å². The summed E-state index contributed by atoms with van der Waals surface area (Å²) in [4.78, 5) is 11.7. The van der Waals surface area contributed by atoms with Crippen molar-refractivity contribution in [2.75, 3.05) is 17.2 Å². The number of sulfonamides is 1. The summed E-state index contributed by atoms with van der Waals surface area (Å²) in [7, 11) is -3.74. The summed E-state index contributed by atoms with van der Waals surface area (Å²) in [5, 5.41) is 0.453. The third-order valence-electron chi connectivity index (χ3n) is 1.99. The first kappa shape index (κ1) is 14.8. The van der Waals surface area contributed by atoms with E-state index in [9.17, 15) is 13.2 Å². The average molecular weight is 292 g/mol. The zero-order valence-corrected chi connectivity index (χ0v) is 11.7. The minimum absolute atomic E-state index is 0.165. The van der Waals surface area contributed by atoms with Crippen molar-refractivity contribution in [3.05, 3.63) is 29.3 Å². The highest BCUT2D eigenvalue weighted by molar-refractivity contribution is 7.92. The Morgan fingerprint density at radius 1 is 1.33 bits per heavy atom. The van der Waals surface area contributed by atoms with Gasteiger partial charge in [0.05, 0.1) is 18.6 Å². The van der Waals surface area contributed by atoms with E-state index in [0.717, 1.165) is 6.26 Å². The molecular formula is C11H14ClNO4S. The molecule has 0 saturated carbocycles. The Kier molecular flexibility index (Phi) is 4.98. The Hall–Kier alpha value is -1.27. The predicted octanol–water partition coefficient (Wildman–Crippen LogP) is 2.65. The lowest BCUT2D eigenvalue weighted by Crippen LogP contribution is -2.36. The van der Waals surface area contributed by atoms with Gasteiger partial charge in [0.25, 0.3) is 0 Å². The van der Waals surface area contributed by atoms with Crippen LogP contribution in [0, 0.1) is 0 Å². The summed E-state index contributed by atoms with van der Waals surface area (Å²) in [5.74, 6) is 0. The predicted molar refractivity (Wildman–Crippen MR) is 70.4 cm³/mol. The lowest BCUT2D eigenvalue weighted by atomic mass is 10.3. The van der Waals surface area contributed by atoms with Gasteiger partial charge in [0.1, 0.15) is 0 Å². The molecule has 0 aliphatic heterocycles. The molecule has 1 amide bonds. The van der Waals surface area contributed by atoms with Crippen molar-refractivity contribution in [1.82, 2.24) is 0 Å². The normalized spacial score (nSPS) is 11.1. The number of amides is 1. The first-order chi connectivity index (χ1) is 8.36. The van der Waals surface area contributed by atoms with E-state index in [1.807, 2.05) is 6.92 Å². The molecular weight excluding hydrogens is 278 g/mol. The molecule has 0 fully saturated rings. The van der Waals surface area contributed by atoms with Crippen LogP contribution in [0.15, 0.2) is 24.3 Å². The highest BCUT2D eigenvalue weighted by Gasteiger charge is 2.26. The van der Waals surface area contributed by atoms with Crippen LogP contribution in [0.4, 0.5) is 10.5 Å². The average Bonchev–Trinajstić information content (AvgIpc) is 2.27. The van der Waals surface area contributed by atoms with Gasteiger partial charge < -0.3 is 4.74 Å². The fraction of sp³-hybridized carbons (Fsp3) is 0.364. The maximum atomic E-state index is 11.7. The van der Waals surface area contributed by atoms with Crippen molar-refractivity contribution in [1.29, 1.82) is 0 Å². The lowest BCUT2D eigenvalue weighted by molar-refractivity contribution is 0.158. The van der Waals surface area contributed by atoms with Gasteiger partial charge in [0.15, 0.2) is 0 Å². The number of rotatable bonds is 4. The number of benzene rings is 1. The summed E-state index contributed by atoms with van der Waals surface area (Å²) >= 11 is 5.71. The maximum absolute atomic E-state index is 11.7. The molecule has 18 heavy (non-hydrogen) atoms. The number of ether oxygens (including phenoxy) is 1. The number of carbonyl (C=O) groups excluding carboxylic acids is 1. The second-order valence-corrected chi connectivity index (χ2v) is 5.89. The molecule has 0 aliphatic carbocycles. The van der Waals surface area contributed by atoms with Crippen LogP contribution in [0.2, 0.25) is 5.02 Å². The van der Waals surface area contributed by atoms with E-state index >= 15 is 0 Å². The topological polar surface area (TPSA) is 63.7 Å². The van der Waals surface area contributed by atoms with Crippen molar-refractivity contribution in [3.63, 3.8) is 0 Å². The van der Waals surface area contributed by atoms with Crippen molar-refractivity contribution in [2.45, 2.75) is 13.3 Å². The van der Waals surface area contributed by atoms with Crippen LogP contribution < -0.4 is 4.31 Å². The number of carbonyl (C=O) groups is 1. The van der Waals surface area contributed by atoms with Crippen LogP contribution in [-0.4, -0.2) is 27.4 Å².